The molecule has 98 valence electrons. The minimum Gasteiger partial charge on any atom is -0.444 e. The summed E-state index contributed by atoms with van der Waals surface area (Å²) < 4.78 is 5.28. The van der Waals surface area contributed by atoms with Crippen molar-refractivity contribution in [3.63, 3.8) is 0 Å². The van der Waals surface area contributed by atoms with Crippen LogP contribution in [0, 0.1) is 11.3 Å². The van der Waals surface area contributed by atoms with Crippen molar-refractivity contribution in [2.24, 2.45) is 0 Å². The van der Waals surface area contributed by atoms with Gasteiger partial charge in [-0.05, 0) is 27.7 Å². The van der Waals surface area contributed by atoms with Crippen molar-refractivity contribution in [3.05, 3.63) is 17.7 Å². The van der Waals surface area contributed by atoms with Crippen LogP contribution in [0.4, 0.5) is 4.79 Å². The summed E-state index contributed by atoms with van der Waals surface area (Å²) in [5.41, 5.74) is -0.212. The van der Waals surface area contributed by atoms with E-state index in [9.17, 15) is 4.79 Å². The Morgan fingerprint density at radius 2 is 2.28 bits per heavy atom. The maximum atomic E-state index is 11.9. The van der Waals surface area contributed by atoms with Crippen molar-refractivity contribution < 1.29 is 9.53 Å². The van der Waals surface area contributed by atoms with Gasteiger partial charge in [0.25, 0.3) is 0 Å². The average Bonchev–Trinajstić information content (AvgIpc) is 2.71. The number of carbonyl (C=O) groups excluding carboxylic acids is 1. The van der Waals surface area contributed by atoms with Crippen LogP contribution < -0.4 is 0 Å². The van der Waals surface area contributed by atoms with Gasteiger partial charge in [-0.1, -0.05) is 0 Å². The van der Waals surface area contributed by atoms with Crippen molar-refractivity contribution in [2.45, 2.75) is 39.8 Å². The lowest BCUT2D eigenvalue weighted by molar-refractivity contribution is 0.0240. The standard InChI is InChI=1S/C12H18N4O2/c1-5-16(11(17)18-12(2,3)4)8-10-14-7-9(6-13)15-10/h7H,5,8H2,1-4H3,(H,14,15). The number of rotatable bonds is 3. The largest absolute Gasteiger partial charge is 0.444 e. The highest BCUT2D eigenvalue weighted by Gasteiger charge is 2.21. The van der Waals surface area contributed by atoms with Crippen LogP contribution in [0.1, 0.15) is 39.2 Å². The first-order valence-corrected chi connectivity index (χ1v) is 5.78. The third-order valence-corrected chi connectivity index (χ3v) is 2.12. The van der Waals surface area contributed by atoms with E-state index in [1.165, 1.54) is 11.1 Å². The number of imidazole rings is 1. The molecule has 0 fully saturated rings. The molecule has 6 heteroatoms. The van der Waals surface area contributed by atoms with Gasteiger partial charge in [-0.15, -0.1) is 0 Å². The van der Waals surface area contributed by atoms with Crippen LogP contribution in [0.5, 0.6) is 0 Å². The van der Waals surface area contributed by atoms with E-state index in [4.69, 9.17) is 10.00 Å². The monoisotopic (exact) mass is 250 g/mol. The fourth-order valence-electron chi connectivity index (χ4n) is 1.31. The van der Waals surface area contributed by atoms with Crippen LogP contribution in [0.15, 0.2) is 6.20 Å². The maximum absolute atomic E-state index is 11.9. The second-order valence-corrected chi connectivity index (χ2v) is 4.84. The van der Waals surface area contributed by atoms with E-state index in [-0.39, 0.29) is 6.09 Å². The van der Waals surface area contributed by atoms with E-state index in [0.717, 1.165) is 0 Å². The number of hydrogen-bond donors (Lipinski definition) is 1. The number of hydrogen-bond acceptors (Lipinski definition) is 4. The second kappa shape index (κ2) is 5.54. The molecule has 0 unspecified atom stereocenters. The van der Waals surface area contributed by atoms with E-state index in [1.54, 1.807) is 0 Å². The van der Waals surface area contributed by atoms with Crippen molar-refractivity contribution in [1.29, 1.82) is 5.26 Å². The summed E-state index contributed by atoms with van der Waals surface area (Å²) in [6, 6.07) is 1.93. The molecular formula is C12H18N4O2. The smallest absolute Gasteiger partial charge is 0.410 e. The van der Waals surface area contributed by atoms with Crippen LogP contribution >= 0.6 is 0 Å². The number of aromatic nitrogens is 2. The van der Waals surface area contributed by atoms with Crippen molar-refractivity contribution in [3.8, 4) is 6.07 Å². The molecule has 0 bridgehead atoms. The molecule has 0 atom stereocenters. The van der Waals surface area contributed by atoms with Gasteiger partial charge in [0.1, 0.15) is 17.5 Å². The molecule has 0 saturated heterocycles. The van der Waals surface area contributed by atoms with Gasteiger partial charge in [-0.3, -0.25) is 0 Å². The Morgan fingerprint density at radius 1 is 1.61 bits per heavy atom. The van der Waals surface area contributed by atoms with Crippen LogP contribution in [0.2, 0.25) is 0 Å². The van der Waals surface area contributed by atoms with E-state index in [1.807, 2.05) is 33.8 Å². The third-order valence-electron chi connectivity index (χ3n) is 2.12. The molecule has 0 saturated carbocycles. The number of carbonyl (C=O) groups is 1. The van der Waals surface area contributed by atoms with Crippen LogP contribution in [-0.2, 0) is 11.3 Å². The lowest BCUT2D eigenvalue weighted by Gasteiger charge is -2.25. The molecule has 1 N–H and O–H groups in total. The minimum absolute atomic E-state index is 0.299. The van der Waals surface area contributed by atoms with E-state index < -0.39 is 5.60 Å². The van der Waals surface area contributed by atoms with Crippen molar-refractivity contribution in [2.75, 3.05) is 6.54 Å². The van der Waals surface area contributed by atoms with Crippen LogP contribution in [0.25, 0.3) is 0 Å². The van der Waals surface area contributed by atoms with Gasteiger partial charge in [0, 0.05) is 12.7 Å². The quantitative estimate of drug-likeness (QED) is 0.889. The Bertz CT molecular complexity index is 453. The summed E-state index contributed by atoms with van der Waals surface area (Å²) in [5.74, 6) is 0.569. The molecule has 0 aliphatic heterocycles. The fourth-order valence-corrected chi connectivity index (χ4v) is 1.31. The van der Waals surface area contributed by atoms with Gasteiger partial charge in [-0.25, -0.2) is 9.78 Å². The topological polar surface area (TPSA) is 82.0 Å². The van der Waals surface area contributed by atoms with Gasteiger partial charge in [-0.2, -0.15) is 5.26 Å². The molecular weight excluding hydrogens is 232 g/mol. The zero-order valence-corrected chi connectivity index (χ0v) is 11.1. The van der Waals surface area contributed by atoms with Crippen molar-refractivity contribution >= 4 is 6.09 Å². The first-order valence-electron chi connectivity index (χ1n) is 5.78. The zero-order chi connectivity index (χ0) is 13.8. The molecule has 0 spiro atoms. The number of H-pyrrole nitrogens is 1. The molecule has 1 rings (SSSR count). The number of ether oxygens (including phenoxy) is 1. The molecule has 1 amide bonds. The number of nitrogens with zero attached hydrogens (tertiary/aromatic N) is 3. The molecule has 0 aliphatic carbocycles. The first kappa shape index (κ1) is 14.0. The summed E-state index contributed by atoms with van der Waals surface area (Å²) in [6.07, 6.45) is 1.12. The van der Waals surface area contributed by atoms with E-state index in [2.05, 4.69) is 9.97 Å². The molecule has 18 heavy (non-hydrogen) atoms. The summed E-state index contributed by atoms with van der Waals surface area (Å²) in [5, 5.41) is 8.67. The molecule has 0 radical (unpaired) electrons. The Kier molecular flexibility index (Phi) is 4.32. The minimum atomic E-state index is -0.522. The molecule has 1 aromatic heterocycles. The van der Waals surface area contributed by atoms with E-state index >= 15 is 0 Å². The van der Waals surface area contributed by atoms with Gasteiger partial charge in [0.05, 0.1) is 6.54 Å². The lowest BCUT2D eigenvalue weighted by Crippen LogP contribution is -2.36. The summed E-state index contributed by atoms with van der Waals surface area (Å²) in [7, 11) is 0. The SMILES string of the molecule is CCN(Cc1nc(C#N)c[nH]1)C(=O)OC(C)(C)C. The Morgan fingerprint density at radius 3 is 2.72 bits per heavy atom. The fraction of sp³-hybridized carbons (Fsp3) is 0.583. The number of amides is 1. The van der Waals surface area contributed by atoms with Crippen LogP contribution in [-0.4, -0.2) is 33.1 Å². The highest BCUT2D eigenvalue weighted by molar-refractivity contribution is 5.67. The highest BCUT2D eigenvalue weighted by Crippen LogP contribution is 2.11. The molecule has 0 aliphatic rings. The highest BCUT2D eigenvalue weighted by atomic mass is 16.6. The van der Waals surface area contributed by atoms with Crippen molar-refractivity contribution in [1.82, 2.24) is 14.9 Å². The van der Waals surface area contributed by atoms with Crippen LogP contribution in [0.3, 0.4) is 0 Å². The zero-order valence-electron chi connectivity index (χ0n) is 11.1. The van der Waals surface area contributed by atoms with Gasteiger partial charge in [0.15, 0.2) is 5.69 Å². The number of nitriles is 1. The maximum Gasteiger partial charge on any atom is 0.410 e. The first-order chi connectivity index (χ1) is 8.35. The Hall–Kier alpha value is -2.03. The summed E-state index contributed by atoms with van der Waals surface area (Å²) in [6.45, 7) is 8.13. The number of aromatic amines is 1. The molecule has 1 aromatic rings. The molecule has 6 nitrogen and oxygen atoms in total. The number of nitrogens with one attached hydrogen (secondary N) is 1. The second-order valence-electron chi connectivity index (χ2n) is 4.84. The average molecular weight is 250 g/mol. The lowest BCUT2D eigenvalue weighted by atomic mass is 10.2. The Labute approximate surface area is 107 Å². The summed E-state index contributed by atoms with van der Waals surface area (Å²) in [4.78, 5) is 20.3. The normalized spacial score (nSPS) is 10.8. The predicted octanol–water partition coefficient (Wildman–Crippen LogP) is 2.04. The molecule has 0 aromatic carbocycles. The Balaban J connectivity index is 2.67. The van der Waals surface area contributed by atoms with Gasteiger partial charge in [0.2, 0.25) is 0 Å². The third kappa shape index (κ3) is 4.09. The summed E-state index contributed by atoms with van der Waals surface area (Å²) >= 11 is 0. The van der Waals surface area contributed by atoms with Gasteiger partial charge < -0.3 is 14.6 Å². The van der Waals surface area contributed by atoms with Gasteiger partial charge >= 0.3 is 6.09 Å². The molecule has 1 heterocycles. The van der Waals surface area contributed by atoms with E-state index in [0.29, 0.717) is 24.6 Å². The predicted molar refractivity (Wildman–Crippen MR) is 65.6 cm³/mol.